The van der Waals surface area contributed by atoms with Gasteiger partial charge in [0.25, 0.3) is 0 Å². The number of hydrogen-bond acceptors (Lipinski definition) is 4. The van der Waals surface area contributed by atoms with E-state index in [1.54, 1.807) is 6.92 Å². The Hall–Kier alpha value is -2.10. The molecule has 4 heteroatoms. The summed E-state index contributed by atoms with van der Waals surface area (Å²) in [6.45, 7) is 2.52. The summed E-state index contributed by atoms with van der Waals surface area (Å²) in [6, 6.07) is 8.67. The summed E-state index contributed by atoms with van der Waals surface area (Å²) < 4.78 is 0. The second-order valence-electron chi connectivity index (χ2n) is 7.41. The van der Waals surface area contributed by atoms with Gasteiger partial charge in [0, 0.05) is 42.5 Å². The summed E-state index contributed by atoms with van der Waals surface area (Å²) in [6.07, 6.45) is 3.78. The summed E-state index contributed by atoms with van der Waals surface area (Å²) in [7, 11) is 2.04. The van der Waals surface area contributed by atoms with Crippen molar-refractivity contribution in [3.05, 3.63) is 41.6 Å². The van der Waals surface area contributed by atoms with Crippen LogP contribution in [-0.4, -0.2) is 42.1 Å². The molecule has 0 radical (unpaired) electrons. The van der Waals surface area contributed by atoms with Gasteiger partial charge in [-0.1, -0.05) is 18.2 Å². The Bertz CT molecular complexity index is 783. The predicted octanol–water partition coefficient (Wildman–Crippen LogP) is 1.89. The molecule has 3 heterocycles. The fourth-order valence-electron chi connectivity index (χ4n) is 5.73. The second-order valence-corrected chi connectivity index (χ2v) is 7.41. The van der Waals surface area contributed by atoms with Crippen molar-refractivity contribution in [2.24, 2.45) is 5.92 Å². The van der Waals surface area contributed by atoms with Crippen LogP contribution in [0.2, 0.25) is 0 Å². The number of likely N-dealkylation sites (N-methyl/N-ethyl adjacent to an activating group) is 1. The van der Waals surface area contributed by atoms with Gasteiger partial charge in [-0.2, -0.15) is 0 Å². The normalized spacial score (nSPS) is 36.7. The first-order valence-corrected chi connectivity index (χ1v) is 8.40. The Labute approximate surface area is 135 Å². The number of hydrogen-bond donors (Lipinski definition) is 0. The molecule has 2 bridgehead atoms. The van der Waals surface area contributed by atoms with Gasteiger partial charge in [-0.25, -0.2) is 0 Å². The minimum atomic E-state index is -0.221. The van der Waals surface area contributed by atoms with E-state index < -0.39 is 0 Å². The highest BCUT2D eigenvalue weighted by Crippen LogP contribution is 2.59. The molecule has 4 aliphatic rings. The number of nitrogens with zero attached hydrogens (tertiary/aromatic N) is 2. The summed E-state index contributed by atoms with van der Waals surface area (Å²) in [5.41, 5.74) is 3.12. The highest BCUT2D eigenvalue weighted by atomic mass is 16.1. The van der Waals surface area contributed by atoms with Crippen LogP contribution in [-0.2, 0) is 15.0 Å². The van der Waals surface area contributed by atoms with E-state index in [1.807, 2.05) is 19.3 Å². The highest BCUT2D eigenvalue weighted by molar-refractivity contribution is 6.05. The van der Waals surface area contributed by atoms with Crippen molar-refractivity contribution in [3.63, 3.8) is 0 Å². The standard InChI is InChI=1S/C19H20N2O2/c1-11(22)13-10-21-8-7-19-14-5-3-4-6-15(14)20(2)18(19)17(23)12(13)9-16(19)21/h3-6,10,12,16,18H,7-9H2,1-2H3/t12-,16-,18-,19+/m0/s1. The van der Waals surface area contributed by atoms with Crippen LogP contribution in [0.5, 0.6) is 0 Å². The van der Waals surface area contributed by atoms with Gasteiger partial charge >= 0.3 is 0 Å². The zero-order valence-electron chi connectivity index (χ0n) is 13.5. The van der Waals surface area contributed by atoms with E-state index in [-0.39, 0.29) is 28.9 Å². The van der Waals surface area contributed by atoms with Gasteiger partial charge in [-0.15, -0.1) is 0 Å². The van der Waals surface area contributed by atoms with E-state index in [1.165, 1.54) is 11.3 Å². The zero-order chi connectivity index (χ0) is 15.9. The molecule has 0 N–H and O–H groups in total. The van der Waals surface area contributed by atoms with E-state index in [0.29, 0.717) is 11.6 Å². The Morgan fingerprint density at radius 3 is 2.87 bits per heavy atom. The van der Waals surface area contributed by atoms with Gasteiger partial charge in [-0.05, 0) is 31.4 Å². The zero-order valence-corrected chi connectivity index (χ0v) is 13.5. The fourth-order valence-corrected chi connectivity index (χ4v) is 5.73. The molecular formula is C19H20N2O2. The molecule has 1 saturated carbocycles. The number of fused-ring (bicyclic) bond motifs is 2. The molecule has 2 fully saturated rings. The highest BCUT2D eigenvalue weighted by Gasteiger charge is 2.66. The molecule has 0 unspecified atom stereocenters. The predicted molar refractivity (Wildman–Crippen MR) is 87.3 cm³/mol. The third-order valence-electron chi connectivity index (χ3n) is 6.60. The maximum Gasteiger partial charge on any atom is 0.163 e. The van der Waals surface area contributed by atoms with Crippen LogP contribution in [0.4, 0.5) is 5.69 Å². The minimum absolute atomic E-state index is 0.0411. The quantitative estimate of drug-likeness (QED) is 0.794. The number of Topliss-reactive ketones (excluding diaryl/α,β-unsaturated/α-hetero) is 2. The van der Waals surface area contributed by atoms with Crippen molar-refractivity contribution in [3.8, 4) is 0 Å². The lowest BCUT2D eigenvalue weighted by Crippen LogP contribution is -2.62. The van der Waals surface area contributed by atoms with E-state index in [4.69, 9.17) is 0 Å². The first-order chi connectivity index (χ1) is 11.1. The maximum absolute atomic E-state index is 13.3. The summed E-state index contributed by atoms with van der Waals surface area (Å²) >= 11 is 0. The number of allylic oxidation sites excluding steroid dienone is 1. The molecule has 3 aliphatic heterocycles. The van der Waals surface area contributed by atoms with Crippen molar-refractivity contribution in [2.45, 2.75) is 37.3 Å². The smallest absolute Gasteiger partial charge is 0.163 e. The molecule has 23 heavy (non-hydrogen) atoms. The maximum atomic E-state index is 13.3. The Morgan fingerprint density at radius 1 is 1.30 bits per heavy atom. The van der Waals surface area contributed by atoms with E-state index in [0.717, 1.165) is 19.4 Å². The third-order valence-corrected chi connectivity index (χ3v) is 6.60. The van der Waals surface area contributed by atoms with Gasteiger partial charge in [0.2, 0.25) is 0 Å². The SMILES string of the molecule is CC(=O)C1=CN2CC[C@]34c5ccccc5N(C)[C@H]3C(=O)[C@H]1C[C@H]24. The lowest BCUT2D eigenvalue weighted by atomic mass is 9.59. The molecule has 1 aromatic rings. The van der Waals surface area contributed by atoms with E-state index >= 15 is 0 Å². The van der Waals surface area contributed by atoms with Crippen molar-refractivity contribution >= 4 is 17.3 Å². The molecule has 1 saturated heterocycles. The van der Waals surface area contributed by atoms with Gasteiger partial charge < -0.3 is 9.80 Å². The second kappa shape index (κ2) is 4.05. The van der Waals surface area contributed by atoms with Crippen LogP contribution in [0.1, 0.15) is 25.3 Å². The number of anilines is 1. The lowest BCUT2D eigenvalue weighted by molar-refractivity contribution is -0.130. The summed E-state index contributed by atoms with van der Waals surface area (Å²) in [5, 5.41) is 0. The molecule has 4 atom stereocenters. The number of ketones is 2. The number of para-hydroxylation sites is 1. The number of carbonyl (C=O) groups is 2. The molecule has 1 aromatic carbocycles. The fraction of sp³-hybridized carbons (Fsp3) is 0.474. The van der Waals surface area contributed by atoms with Crippen LogP contribution >= 0.6 is 0 Å². The summed E-state index contributed by atoms with van der Waals surface area (Å²) in [4.78, 5) is 29.9. The molecule has 118 valence electrons. The first-order valence-electron chi connectivity index (χ1n) is 8.40. The molecular weight excluding hydrogens is 288 g/mol. The average Bonchev–Trinajstić information content (AvgIpc) is 3.06. The van der Waals surface area contributed by atoms with Crippen molar-refractivity contribution in [1.82, 2.24) is 4.90 Å². The van der Waals surface area contributed by atoms with Crippen LogP contribution < -0.4 is 4.90 Å². The van der Waals surface area contributed by atoms with Gasteiger partial charge in [-0.3, -0.25) is 9.59 Å². The largest absolute Gasteiger partial charge is 0.373 e. The minimum Gasteiger partial charge on any atom is -0.373 e. The lowest BCUT2D eigenvalue weighted by Gasteiger charge is -2.49. The topological polar surface area (TPSA) is 40.6 Å². The van der Waals surface area contributed by atoms with Gasteiger partial charge in [0.05, 0.1) is 12.0 Å². The molecule has 4 nitrogen and oxygen atoms in total. The van der Waals surface area contributed by atoms with Gasteiger partial charge in [0.1, 0.15) is 0 Å². The molecule has 5 rings (SSSR count). The van der Waals surface area contributed by atoms with E-state index in [2.05, 4.69) is 28.0 Å². The summed E-state index contributed by atoms with van der Waals surface area (Å²) in [5.74, 6) is 0.0593. The van der Waals surface area contributed by atoms with Crippen LogP contribution in [0.25, 0.3) is 0 Å². The molecule has 0 aromatic heterocycles. The Balaban J connectivity index is 1.76. The molecule has 0 amide bonds. The number of rotatable bonds is 1. The monoisotopic (exact) mass is 308 g/mol. The Kier molecular flexibility index (Phi) is 2.35. The Morgan fingerprint density at radius 2 is 2.09 bits per heavy atom. The van der Waals surface area contributed by atoms with Crippen molar-refractivity contribution in [2.75, 3.05) is 18.5 Å². The van der Waals surface area contributed by atoms with Crippen LogP contribution in [0, 0.1) is 5.92 Å². The van der Waals surface area contributed by atoms with Crippen molar-refractivity contribution < 1.29 is 9.59 Å². The molecule has 1 spiro atoms. The van der Waals surface area contributed by atoms with Crippen LogP contribution in [0.3, 0.4) is 0 Å². The van der Waals surface area contributed by atoms with Gasteiger partial charge in [0.15, 0.2) is 11.6 Å². The first kappa shape index (κ1) is 13.3. The van der Waals surface area contributed by atoms with Crippen molar-refractivity contribution in [1.29, 1.82) is 0 Å². The average molecular weight is 308 g/mol. The molecule has 1 aliphatic carbocycles. The van der Waals surface area contributed by atoms with Crippen LogP contribution in [0.15, 0.2) is 36.0 Å². The van der Waals surface area contributed by atoms with E-state index in [9.17, 15) is 9.59 Å². The third kappa shape index (κ3) is 1.34. The number of carbonyl (C=O) groups excluding carboxylic acids is 2. The number of benzene rings is 1.